The van der Waals surface area contributed by atoms with E-state index in [1.54, 1.807) is 0 Å². The third-order valence-electron chi connectivity index (χ3n) is 4.28. The zero-order chi connectivity index (χ0) is 19.8. The number of rotatable bonds is 8. The first-order chi connectivity index (χ1) is 14.3. The number of halogens is 1. The molecule has 4 aromatic carbocycles. The molecule has 0 aromatic heterocycles. The van der Waals surface area contributed by atoms with E-state index in [4.69, 9.17) is 0 Å². The molecular formula is C24H24BrN4P. The quantitative estimate of drug-likeness (QED) is 0.288. The average molecular weight is 479 g/mol. The first-order valence-corrected chi connectivity index (χ1v) is 11.3. The lowest BCUT2D eigenvalue weighted by Crippen LogP contribution is -3.00. The molecule has 0 aliphatic heterocycles. The Hall–Kier alpha value is -3.01. The summed E-state index contributed by atoms with van der Waals surface area (Å²) in [7, 11) is -2.38. The van der Waals surface area contributed by atoms with E-state index in [9.17, 15) is 0 Å². The lowest BCUT2D eigenvalue weighted by Gasteiger charge is -2.29. The molecule has 0 aliphatic rings. The molecule has 0 aliphatic carbocycles. The van der Waals surface area contributed by atoms with E-state index in [-0.39, 0.29) is 17.0 Å². The van der Waals surface area contributed by atoms with Gasteiger partial charge in [-0.05, 0) is 48.5 Å². The third-order valence-corrected chi connectivity index (χ3v) is 6.66. The number of benzene rings is 4. The van der Waals surface area contributed by atoms with Gasteiger partial charge in [-0.15, -0.1) is 0 Å². The van der Waals surface area contributed by atoms with Gasteiger partial charge in [-0.25, -0.2) is 20.3 Å². The molecule has 0 saturated heterocycles. The molecule has 0 heterocycles. The second-order valence-corrected chi connectivity index (χ2v) is 8.82. The topological polar surface area (TPSA) is 48.1 Å². The van der Waals surface area contributed by atoms with Crippen LogP contribution in [0.25, 0.3) is 0 Å². The van der Waals surface area contributed by atoms with Crippen molar-refractivity contribution in [1.82, 2.24) is 0 Å². The maximum Gasteiger partial charge on any atom is 0.395 e. The van der Waals surface area contributed by atoms with Crippen LogP contribution < -0.4 is 37.3 Å². The number of nitrogens with one attached hydrogen (secondary N) is 4. The van der Waals surface area contributed by atoms with Crippen molar-refractivity contribution in [2.75, 3.05) is 20.3 Å². The Balaban J connectivity index is 0.00000256. The molecule has 4 aromatic rings. The fourth-order valence-electron chi connectivity index (χ4n) is 2.99. The van der Waals surface area contributed by atoms with Crippen LogP contribution in [0.2, 0.25) is 0 Å². The summed E-state index contributed by atoms with van der Waals surface area (Å²) in [5.41, 5.74) is 4.10. The molecule has 0 fully saturated rings. The van der Waals surface area contributed by atoms with Gasteiger partial charge in [0.2, 0.25) is 0 Å². The highest BCUT2D eigenvalue weighted by Gasteiger charge is 2.40. The Kier molecular flexibility index (Phi) is 7.72. The predicted molar refractivity (Wildman–Crippen MR) is 127 cm³/mol. The highest BCUT2D eigenvalue weighted by Crippen LogP contribution is 2.56. The molecule has 0 spiro atoms. The predicted octanol–water partition coefficient (Wildman–Crippen LogP) is 4.12. The molecule has 4 N–H and O–H groups in total. The second-order valence-electron chi connectivity index (χ2n) is 6.58. The maximum absolute atomic E-state index is 3.72. The van der Waals surface area contributed by atoms with Crippen molar-refractivity contribution in [1.29, 1.82) is 0 Å². The van der Waals surface area contributed by atoms with Crippen LogP contribution in [0.15, 0.2) is 121 Å². The van der Waals surface area contributed by atoms with Crippen molar-refractivity contribution in [3.05, 3.63) is 121 Å². The van der Waals surface area contributed by atoms with E-state index in [1.165, 1.54) is 0 Å². The second kappa shape index (κ2) is 10.7. The van der Waals surface area contributed by atoms with Gasteiger partial charge in [-0.2, -0.15) is 0 Å². The molecule has 30 heavy (non-hydrogen) atoms. The molecule has 0 bridgehead atoms. The minimum atomic E-state index is -2.38. The van der Waals surface area contributed by atoms with Crippen molar-refractivity contribution in [3.63, 3.8) is 0 Å². The molecule has 6 heteroatoms. The standard InChI is InChI=1S/C24H24N4P.BrH/c1-5-13-21(14-6-1)25-29(26-22-15-7-2-8-16-22,27-23-17-9-3-10-18-23)28-24-19-11-4-12-20-24;/h1-20,25-28H;1H/q+1;/p-1. The van der Waals surface area contributed by atoms with Crippen LogP contribution in [0.1, 0.15) is 0 Å². The van der Waals surface area contributed by atoms with E-state index >= 15 is 0 Å². The summed E-state index contributed by atoms with van der Waals surface area (Å²) in [5, 5.41) is 14.9. The summed E-state index contributed by atoms with van der Waals surface area (Å²) >= 11 is 0. The average Bonchev–Trinajstić information content (AvgIpc) is 2.76. The third kappa shape index (κ3) is 5.99. The van der Waals surface area contributed by atoms with E-state index in [1.807, 2.05) is 72.8 Å². The molecule has 152 valence electrons. The summed E-state index contributed by atoms with van der Waals surface area (Å²) < 4.78 is 0. The molecule has 0 amide bonds. The van der Waals surface area contributed by atoms with E-state index in [0.29, 0.717) is 0 Å². The lowest BCUT2D eigenvalue weighted by molar-refractivity contribution is -0.00000574. The zero-order valence-corrected chi connectivity index (χ0v) is 18.9. The van der Waals surface area contributed by atoms with Crippen molar-refractivity contribution in [2.45, 2.75) is 0 Å². The zero-order valence-electron chi connectivity index (χ0n) is 16.4. The van der Waals surface area contributed by atoms with Gasteiger partial charge in [0, 0.05) is 0 Å². The van der Waals surface area contributed by atoms with Gasteiger partial charge >= 0.3 is 7.87 Å². The Labute approximate surface area is 189 Å². The highest BCUT2D eigenvalue weighted by atomic mass is 79.9. The molecule has 0 unspecified atom stereocenters. The van der Waals surface area contributed by atoms with Crippen LogP contribution in [0, 0.1) is 0 Å². The number of para-hydroxylation sites is 4. The first-order valence-electron chi connectivity index (χ1n) is 9.54. The SMILES string of the molecule is [Br-].c1ccc(N[P+](Nc2ccccc2)(Nc2ccccc2)Nc2ccccc2)cc1. The minimum absolute atomic E-state index is 0. The van der Waals surface area contributed by atoms with Crippen molar-refractivity contribution >= 4 is 30.6 Å². The van der Waals surface area contributed by atoms with Crippen LogP contribution >= 0.6 is 7.87 Å². The Morgan fingerprint density at radius 1 is 0.333 bits per heavy atom. The fourth-order valence-corrected chi connectivity index (χ4v) is 5.47. The molecule has 0 atom stereocenters. The van der Waals surface area contributed by atoms with E-state index in [2.05, 4.69) is 68.9 Å². The summed E-state index contributed by atoms with van der Waals surface area (Å²) in [6, 6.07) is 40.9. The molecule has 0 radical (unpaired) electrons. The van der Waals surface area contributed by atoms with Gasteiger partial charge in [-0.3, -0.25) is 0 Å². The Morgan fingerprint density at radius 3 is 0.733 bits per heavy atom. The van der Waals surface area contributed by atoms with Crippen LogP contribution in [-0.2, 0) is 0 Å². The molecule has 4 nitrogen and oxygen atoms in total. The van der Waals surface area contributed by atoms with Crippen LogP contribution in [-0.4, -0.2) is 0 Å². The summed E-state index contributed by atoms with van der Waals surface area (Å²) in [6.45, 7) is 0. The van der Waals surface area contributed by atoms with Gasteiger partial charge in [0.05, 0.1) is 22.7 Å². The highest BCUT2D eigenvalue weighted by molar-refractivity contribution is 7.81. The summed E-state index contributed by atoms with van der Waals surface area (Å²) in [5.74, 6) is 0. The van der Waals surface area contributed by atoms with Gasteiger partial charge in [0.1, 0.15) is 0 Å². The van der Waals surface area contributed by atoms with Crippen molar-refractivity contribution < 1.29 is 17.0 Å². The van der Waals surface area contributed by atoms with Crippen molar-refractivity contribution in [2.24, 2.45) is 0 Å². The van der Waals surface area contributed by atoms with E-state index < -0.39 is 7.87 Å². The van der Waals surface area contributed by atoms with Crippen LogP contribution in [0.5, 0.6) is 0 Å². The maximum atomic E-state index is 3.72. The van der Waals surface area contributed by atoms with Gasteiger partial charge < -0.3 is 17.0 Å². The Morgan fingerprint density at radius 2 is 0.533 bits per heavy atom. The van der Waals surface area contributed by atoms with Gasteiger partial charge in [-0.1, -0.05) is 72.8 Å². The fraction of sp³-hybridized carbons (Fsp3) is 0. The molecule has 0 saturated carbocycles. The van der Waals surface area contributed by atoms with Crippen LogP contribution in [0.3, 0.4) is 0 Å². The monoisotopic (exact) mass is 478 g/mol. The Bertz CT molecular complexity index is 831. The van der Waals surface area contributed by atoms with E-state index in [0.717, 1.165) is 22.7 Å². The molecule has 4 rings (SSSR count). The lowest BCUT2D eigenvalue weighted by atomic mass is 10.3. The minimum Gasteiger partial charge on any atom is -1.00 e. The van der Waals surface area contributed by atoms with Crippen molar-refractivity contribution in [3.8, 4) is 0 Å². The normalized spacial score (nSPS) is 10.4. The van der Waals surface area contributed by atoms with Crippen LogP contribution in [0.4, 0.5) is 22.7 Å². The number of hydrogen-bond donors (Lipinski definition) is 4. The largest absolute Gasteiger partial charge is 1.00 e. The first kappa shape index (κ1) is 21.7. The number of hydrogen-bond acceptors (Lipinski definition) is 4. The molecular weight excluding hydrogens is 455 g/mol. The van der Waals surface area contributed by atoms with Gasteiger partial charge in [0.15, 0.2) is 0 Å². The summed E-state index contributed by atoms with van der Waals surface area (Å²) in [6.07, 6.45) is 0. The number of anilines is 4. The smallest absolute Gasteiger partial charge is 0.395 e. The van der Waals surface area contributed by atoms with Gasteiger partial charge in [0.25, 0.3) is 0 Å². The summed E-state index contributed by atoms with van der Waals surface area (Å²) in [4.78, 5) is 0.